The molecule has 0 aliphatic heterocycles. The number of aromatic nitrogens is 1. The van der Waals surface area contributed by atoms with Gasteiger partial charge in [0.1, 0.15) is 5.69 Å². The maximum absolute atomic E-state index is 11.4. The smallest absolute Gasteiger partial charge is 0.354 e. The Bertz CT molecular complexity index is 587. The van der Waals surface area contributed by atoms with Gasteiger partial charge in [0.25, 0.3) is 0 Å². The quantitative estimate of drug-likeness (QED) is 0.791. The van der Waals surface area contributed by atoms with Crippen LogP contribution in [0.3, 0.4) is 0 Å². The fourth-order valence-electron chi connectivity index (χ4n) is 2.13. The van der Waals surface area contributed by atoms with Gasteiger partial charge in [-0.25, -0.2) is 4.79 Å². The van der Waals surface area contributed by atoms with Crippen molar-refractivity contribution in [1.29, 1.82) is 0 Å². The van der Waals surface area contributed by atoms with Gasteiger partial charge in [-0.3, -0.25) is 0 Å². The molecule has 0 bridgehead atoms. The molecule has 0 amide bonds. The largest absolute Gasteiger partial charge is 0.464 e. The SMILES string of the molecule is CCC(C)c1ccc(NCc2ccc(C(=O)OC)[nH]2)cc1. The minimum atomic E-state index is -0.348. The van der Waals surface area contributed by atoms with Crippen molar-refractivity contribution in [3.8, 4) is 0 Å². The highest BCUT2D eigenvalue weighted by Crippen LogP contribution is 2.20. The fourth-order valence-corrected chi connectivity index (χ4v) is 2.13. The number of H-pyrrole nitrogens is 1. The third-order valence-corrected chi connectivity index (χ3v) is 3.73. The van der Waals surface area contributed by atoms with Gasteiger partial charge in [0.05, 0.1) is 13.7 Å². The molecular formula is C17H22N2O2. The number of esters is 1. The summed E-state index contributed by atoms with van der Waals surface area (Å²) in [4.78, 5) is 14.4. The molecule has 0 fully saturated rings. The summed E-state index contributed by atoms with van der Waals surface area (Å²) in [5, 5.41) is 3.33. The minimum Gasteiger partial charge on any atom is -0.464 e. The van der Waals surface area contributed by atoms with E-state index < -0.39 is 0 Å². The van der Waals surface area contributed by atoms with Crippen LogP contribution in [0.2, 0.25) is 0 Å². The fraction of sp³-hybridized carbons (Fsp3) is 0.353. The normalized spacial score (nSPS) is 12.0. The van der Waals surface area contributed by atoms with E-state index in [-0.39, 0.29) is 5.97 Å². The first-order chi connectivity index (χ1) is 10.1. The average molecular weight is 286 g/mol. The number of ether oxygens (including phenoxy) is 1. The Kier molecular flexibility index (Phi) is 5.04. The molecule has 1 heterocycles. The first-order valence-corrected chi connectivity index (χ1v) is 7.24. The number of carbonyl (C=O) groups is 1. The van der Waals surface area contributed by atoms with E-state index in [0.29, 0.717) is 18.2 Å². The van der Waals surface area contributed by atoms with Crippen LogP contribution in [0.25, 0.3) is 0 Å². The lowest BCUT2D eigenvalue weighted by atomic mass is 9.99. The number of rotatable bonds is 6. The second-order valence-corrected chi connectivity index (χ2v) is 5.17. The van der Waals surface area contributed by atoms with E-state index in [9.17, 15) is 4.79 Å². The summed E-state index contributed by atoms with van der Waals surface area (Å²) in [6.07, 6.45) is 1.14. The maximum atomic E-state index is 11.4. The molecule has 0 saturated heterocycles. The third kappa shape index (κ3) is 3.88. The van der Waals surface area contributed by atoms with Crippen LogP contribution >= 0.6 is 0 Å². The first kappa shape index (κ1) is 15.2. The van der Waals surface area contributed by atoms with Crippen molar-refractivity contribution in [2.45, 2.75) is 32.7 Å². The second-order valence-electron chi connectivity index (χ2n) is 5.17. The Balaban J connectivity index is 1.93. The highest BCUT2D eigenvalue weighted by Gasteiger charge is 2.07. The van der Waals surface area contributed by atoms with Crippen LogP contribution in [0.5, 0.6) is 0 Å². The molecule has 4 heteroatoms. The van der Waals surface area contributed by atoms with E-state index in [4.69, 9.17) is 0 Å². The number of anilines is 1. The number of aromatic amines is 1. The van der Waals surface area contributed by atoms with Gasteiger partial charge in [-0.1, -0.05) is 26.0 Å². The van der Waals surface area contributed by atoms with Crippen molar-refractivity contribution in [2.75, 3.05) is 12.4 Å². The summed E-state index contributed by atoms with van der Waals surface area (Å²) < 4.78 is 4.67. The highest BCUT2D eigenvalue weighted by atomic mass is 16.5. The van der Waals surface area contributed by atoms with Gasteiger partial charge in [0.2, 0.25) is 0 Å². The van der Waals surface area contributed by atoms with Crippen molar-refractivity contribution < 1.29 is 9.53 Å². The number of carbonyl (C=O) groups excluding carboxylic acids is 1. The van der Waals surface area contributed by atoms with Crippen LogP contribution in [0.15, 0.2) is 36.4 Å². The Labute approximate surface area is 125 Å². The maximum Gasteiger partial charge on any atom is 0.354 e. The van der Waals surface area contributed by atoms with Crippen molar-refractivity contribution in [1.82, 2.24) is 4.98 Å². The van der Waals surface area contributed by atoms with Crippen molar-refractivity contribution in [2.24, 2.45) is 0 Å². The molecule has 2 N–H and O–H groups in total. The number of benzene rings is 1. The molecular weight excluding hydrogens is 264 g/mol. The van der Waals surface area contributed by atoms with Crippen molar-refractivity contribution >= 4 is 11.7 Å². The molecule has 1 atom stereocenters. The number of nitrogens with one attached hydrogen (secondary N) is 2. The summed E-state index contributed by atoms with van der Waals surface area (Å²) in [5.41, 5.74) is 3.84. The standard InChI is InChI=1S/C17H22N2O2/c1-4-12(2)13-5-7-14(8-6-13)18-11-15-9-10-16(19-15)17(20)21-3/h5-10,12,18-19H,4,11H2,1-3H3. The topological polar surface area (TPSA) is 54.1 Å². The van der Waals surface area contributed by atoms with E-state index in [1.807, 2.05) is 6.07 Å². The van der Waals surface area contributed by atoms with Gasteiger partial charge in [-0.05, 0) is 42.2 Å². The number of methoxy groups -OCH3 is 1. The monoisotopic (exact) mass is 286 g/mol. The highest BCUT2D eigenvalue weighted by molar-refractivity contribution is 5.87. The van der Waals surface area contributed by atoms with Crippen molar-refractivity contribution in [3.05, 3.63) is 53.3 Å². The van der Waals surface area contributed by atoms with Crippen LogP contribution in [0.1, 0.15) is 47.9 Å². The van der Waals surface area contributed by atoms with Gasteiger partial charge in [0.15, 0.2) is 0 Å². The van der Waals surface area contributed by atoms with Gasteiger partial charge in [0, 0.05) is 11.4 Å². The second kappa shape index (κ2) is 6.97. The average Bonchev–Trinajstić information content (AvgIpc) is 3.01. The molecule has 0 aliphatic rings. The Morgan fingerprint density at radius 2 is 1.95 bits per heavy atom. The summed E-state index contributed by atoms with van der Waals surface area (Å²) in [5.74, 6) is 0.240. The van der Waals surface area contributed by atoms with Crippen LogP contribution in [0.4, 0.5) is 5.69 Å². The molecule has 112 valence electrons. The predicted octanol–water partition coefficient (Wildman–Crippen LogP) is 3.93. The lowest BCUT2D eigenvalue weighted by Crippen LogP contribution is -2.03. The van der Waals surface area contributed by atoms with Crippen LogP contribution in [-0.2, 0) is 11.3 Å². The van der Waals surface area contributed by atoms with Gasteiger partial charge < -0.3 is 15.0 Å². The van der Waals surface area contributed by atoms with Gasteiger partial charge >= 0.3 is 5.97 Å². The molecule has 1 unspecified atom stereocenters. The Morgan fingerprint density at radius 1 is 1.24 bits per heavy atom. The Morgan fingerprint density at radius 3 is 2.57 bits per heavy atom. The zero-order valence-electron chi connectivity index (χ0n) is 12.8. The predicted molar refractivity (Wildman–Crippen MR) is 84.6 cm³/mol. The van der Waals surface area contributed by atoms with Crippen LogP contribution in [-0.4, -0.2) is 18.1 Å². The molecule has 4 nitrogen and oxygen atoms in total. The number of hydrogen-bond acceptors (Lipinski definition) is 3. The van der Waals surface area contributed by atoms with E-state index in [1.165, 1.54) is 12.7 Å². The molecule has 0 radical (unpaired) electrons. The molecule has 1 aromatic carbocycles. The molecule has 0 aliphatic carbocycles. The molecule has 2 rings (SSSR count). The summed E-state index contributed by atoms with van der Waals surface area (Å²) in [6.45, 7) is 5.07. The lowest BCUT2D eigenvalue weighted by molar-refractivity contribution is 0.0594. The first-order valence-electron chi connectivity index (χ1n) is 7.24. The van der Waals surface area contributed by atoms with E-state index in [0.717, 1.165) is 17.8 Å². The van der Waals surface area contributed by atoms with Gasteiger partial charge in [-0.15, -0.1) is 0 Å². The van der Waals surface area contributed by atoms with E-state index >= 15 is 0 Å². The van der Waals surface area contributed by atoms with Crippen LogP contribution in [0, 0.1) is 0 Å². The van der Waals surface area contributed by atoms with Crippen LogP contribution < -0.4 is 5.32 Å². The molecule has 0 spiro atoms. The Hall–Kier alpha value is -2.23. The minimum absolute atomic E-state index is 0.348. The molecule has 21 heavy (non-hydrogen) atoms. The number of hydrogen-bond donors (Lipinski definition) is 2. The molecule has 2 aromatic rings. The summed E-state index contributed by atoms with van der Waals surface area (Å²) in [7, 11) is 1.37. The van der Waals surface area contributed by atoms with Gasteiger partial charge in [-0.2, -0.15) is 0 Å². The molecule has 0 saturated carbocycles. The molecule has 1 aromatic heterocycles. The van der Waals surface area contributed by atoms with Crippen molar-refractivity contribution in [3.63, 3.8) is 0 Å². The lowest BCUT2D eigenvalue weighted by Gasteiger charge is -2.10. The summed E-state index contributed by atoms with van der Waals surface area (Å²) >= 11 is 0. The third-order valence-electron chi connectivity index (χ3n) is 3.73. The zero-order valence-corrected chi connectivity index (χ0v) is 12.8. The summed E-state index contributed by atoms with van der Waals surface area (Å²) in [6, 6.07) is 12.1. The zero-order chi connectivity index (χ0) is 15.2. The van der Waals surface area contributed by atoms with E-state index in [1.54, 1.807) is 6.07 Å². The van der Waals surface area contributed by atoms with E-state index in [2.05, 4.69) is 53.2 Å².